The molecule has 8 heteroatoms. The molecule has 6 nitrogen and oxygen atoms in total. The molecule has 29 heavy (non-hydrogen) atoms. The number of nitrogens with zero attached hydrogens (tertiary/aromatic N) is 4. The second kappa shape index (κ2) is 9.11. The van der Waals surface area contributed by atoms with Gasteiger partial charge in [0.2, 0.25) is 10.0 Å². The quantitative estimate of drug-likeness (QED) is 0.501. The van der Waals surface area contributed by atoms with Crippen LogP contribution in [0, 0.1) is 6.92 Å². The zero-order valence-electron chi connectivity index (χ0n) is 17.2. The second-order valence-electron chi connectivity index (χ2n) is 7.05. The van der Waals surface area contributed by atoms with Crippen LogP contribution in [0.5, 0.6) is 0 Å². The van der Waals surface area contributed by atoms with Crippen molar-refractivity contribution in [1.29, 1.82) is 0 Å². The molecule has 0 bridgehead atoms. The molecule has 1 aromatic heterocycles. The van der Waals surface area contributed by atoms with Crippen molar-refractivity contribution in [2.24, 2.45) is 0 Å². The van der Waals surface area contributed by atoms with Gasteiger partial charge in [0.15, 0.2) is 11.0 Å². The van der Waals surface area contributed by atoms with Gasteiger partial charge in [-0.2, -0.15) is 0 Å². The number of sulfonamides is 1. The molecule has 1 heterocycles. The van der Waals surface area contributed by atoms with Crippen molar-refractivity contribution in [3.05, 3.63) is 59.7 Å². The van der Waals surface area contributed by atoms with Crippen molar-refractivity contribution >= 4 is 21.8 Å². The largest absolute Gasteiger partial charge is 0.302 e. The predicted molar refractivity (Wildman–Crippen MR) is 117 cm³/mol. The summed E-state index contributed by atoms with van der Waals surface area (Å²) in [4.78, 5) is 0.302. The highest BCUT2D eigenvalue weighted by Gasteiger charge is 2.18. The third-order valence-electron chi connectivity index (χ3n) is 4.49. The molecule has 0 aliphatic rings. The number of rotatable bonds is 8. The third-order valence-corrected chi connectivity index (χ3v) is 7.33. The summed E-state index contributed by atoms with van der Waals surface area (Å²) in [6, 6.07) is 15.3. The Balaban J connectivity index is 1.85. The molecule has 2 aromatic carbocycles. The maximum Gasteiger partial charge on any atom is 0.242 e. The highest BCUT2D eigenvalue weighted by Crippen LogP contribution is 2.28. The monoisotopic (exact) mass is 430 g/mol. The van der Waals surface area contributed by atoms with Crippen molar-refractivity contribution < 1.29 is 8.42 Å². The summed E-state index contributed by atoms with van der Waals surface area (Å²) >= 11 is 1.57. The Morgan fingerprint density at radius 3 is 2.52 bits per heavy atom. The zero-order valence-corrected chi connectivity index (χ0v) is 18.8. The molecule has 3 rings (SSSR count). The topological polar surface area (TPSA) is 68.1 Å². The Kier molecular flexibility index (Phi) is 6.77. The first-order valence-electron chi connectivity index (χ1n) is 9.47. The van der Waals surface area contributed by atoms with Crippen molar-refractivity contribution in [3.8, 4) is 11.4 Å². The smallest absolute Gasteiger partial charge is 0.242 e. The fraction of sp³-hybridized carbons (Fsp3) is 0.333. The first-order valence-corrected chi connectivity index (χ1v) is 11.9. The van der Waals surface area contributed by atoms with Crippen molar-refractivity contribution in [2.75, 3.05) is 14.1 Å². The lowest BCUT2D eigenvalue weighted by atomic mass is 10.1. The standard InChI is InChI=1S/C21H26N4O2S2/c1-5-12-25-20(18-10-6-8-16(2)13-18)22-23-21(25)28-15-17-9-7-11-19(14-17)29(26,27)24(3)4/h6-11,13-14H,5,12,15H2,1-4H3. The molecule has 0 amide bonds. The number of hydrogen-bond donors (Lipinski definition) is 0. The van der Waals surface area contributed by atoms with E-state index >= 15 is 0 Å². The van der Waals surface area contributed by atoms with Crippen LogP contribution in [0.15, 0.2) is 58.6 Å². The summed E-state index contributed by atoms with van der Waals surface area (Å²) in [6.45, 7) is 5.02. The van der Waals surface area contributed by atoms with E-state index in [4.69, 9.17) is 0 Å². The van der Waals surface area contributed by atoms with E-state index in [9.17, 15) is 8.42 Å². The van der Waals surface area contributed by atoms with Crippen LogP contribution in [-0.2, 0) is 22.3 Å². The lowest BCUT2D eigenvalue weighted by Gasteiger charge is -2.12. The van der Waals surface area contributed by atoms with E-state index < -0.39 is 10.0 Å². The minimum Gasteiger partial charge on any atom is -0.302 e. The normalized spacial score (nSPS) is 11.9. The molecule has 0 atom stereocenters. The van der Waals surface area contributed by atoms with Crippen LogP contribution in [0.1, 0.15) is 24.5 Å². The first kappa shape index (κ1) is 21.5. The van der Waals surface area contributed by atoms with Crippen LogP contribution in [-0.4, -0.2) is 41.6 Å². The Hall–Kier alpha value is -2.16. The first-order chi connectivity index (χ1) is 13.8. The van der Waals surface area contributed by atoms with Gasteiger partial charge in [0, 0.05) is 32.0 Å². The zero-order chi connectivity index (χ0) is 21.0. The molecular formula is C21H26N4O2S2. The maximum atomic E-state index is 12.4. The van der Waals surface area contributed by atoms with Gasteiger partial charge in [0.05, 0.1) is 4.90 Å². The Morgan fingerprint density at radius 1 is 1.07 bits per heavy atom. The van der Waals surface area contributed by atoms with Crippen molar-refractivity contribution in [1.82, 2.24) is 19.1 Å². The van der Waals surface area contributed by atoms with Crippen LogP contribution in [0.3, 0.4) is 0 Å². The summed E-state index contributed by atoms with van der Waals surface area (Å²) < 4.78 is 28.1. The molecule has 0 N–H and O–H groups in total. The molecule has 0 unspecified atom stereocenters. The number of benzene rings is 2. The fourth-order valence-corrected chi connectivity index (χ4v) is 4.85. The summed E-state index contributed by atoms with van der Waals surface area (Å²) in [6.07, 6.45) is 0.973. The van der Waals surface area contributed by atoms with Crippen LogP contribution in [0.4, 0.5) is 0 Å². The molecule has 0 spiro atoms. The highest BCUT2D eigenvalue weighted by atomic mass is 32.2. The minimum atomic E-state index is -3.44. The van der Waals surface area contributed by atoms with Crippen LogP contribution >= 0.6 is 11.8 Å². The number of thioether (sulfide) groups is 1. The molecule has 0 aliphatic carbocycles. The van der Waals surface area contributed by atoms with E-state index in [0.717, 1.165) is 35.1 Å². The van der Waals surface area contributed by atoms with Gasteiger partial charge in [0.25, 0.3) is 0 Å². The van der Waals surface area contributed by atoms with E-state index in [1.807, 2.05) is 18.2 Å². The van der Waals surface area contributed by atoms with Crippen LogP contribution in [0.25, 0.3) is 11.4 Å². The average molecular weight is 431 g/mol. The Bertz CT molecular complexity index is 1090. The van der Waals surface area contributed by atoms with Gasteiger partial charge in [-0.1, -0.05) is 54.6 Å². The molecule has 0 fully saturated rings. The number of aryl methyl sites for hydroxylation is 1. The molecule has 154 valence electrons. The molecular weight excluding hydrogens is 404 g/mol. The van der Waals surface area contributed by atoms with Crippen LogP contribution < -0.4 is 0 Å². The second-order valence-corrected chi connectivity index (χ2v) is 10.1. The maximum absolute atomic E-state index is 12.4. The molecule has 0 radical (unpaired) electrons. The minimum absolute atomic E-state index is 0.302. The van der Waals surface area contributed by atoms with Gasteiger partial charge >= 0.3 is 0 Å². The molecule has 0 aliphatic heterocycles. The van der Waals surface area contributed by atoms with Crippen molar-refractivity contribution in [3.63, 3.8) is 0 Å². The SMILES string of the molecule is CCCn1c(SCc2cccc(S(=O)(=O)N(C)C)c2)nnc1-c1cccc(C)c1. The van der Waals surface area contributed by atoms with Gasteiger partial charge in [-0.25, -0.2) is 12.7 Å². The van der Waals surface area contributed by atoms with Crippen molar-refractivity contribution in [2.45, 2.75) is 42.6 Å². The molecule has 0 saturated carbocycles. The van der Waals surface area contributed by atoms with Gasteiger partial charge in [0.1, 0.15) is 0 Å². The summed E-state index contributed by atoms with van der Waals surface area (Å²) in [5.41, 5.74) is 3.17. The Labute approximate surface area is 177 Å². The van der Waals surface area contributed by atoms with Gasteiger partial charge in [-0.05, 0) is 37.1 Å². The van der Waals surface area contributed by atoms with Crippen LogP contribution in [0.2, 0.25) is 0 Å². The fourth-order valence-electron chi connectivity index (χ4n) is 2.97. The third kappa shape index (κ3) is 4.88. The average Bonchev–Trinajstić information content (AvgIpc) is 3.09. The van der Waals surface area contributed by atoms with E-state index in [2.05, 4.69) is 40.7 Å². The van der Waals surface area contributed by atoms with Gasteiger partial charge < -0.3 is 4.57 Å². The summed E-state index contributed by atoms with van der Waals surface area (Å²) in [7, 11) is -0.367. The summed E-state index contributed by atoms with van der Waals surface area (Å²) in [5.74, 6) is 1.48. The lowest BCUT2D eigenvalue weighted by molar-refractivity contribution is 0.520. The predicted octanol–water partition coefficient (Wildman–Crippen LogP) is 4.21. The lowest BCUT2D eigenvalue weighted by Crippen LogP contribution is -2.22. The van der Waals surface area contributed by atoms with E-state index in [0.29, 0.717) is 10.6 Å². The number of aromatic nitrogens is 3. The van der Waals surface area contributed by atoms with Gasteiger partial charge in [-0.3, -0.25) is 0 Å². The molecule has 3 aromatic rings. The van der Waals surface area contributed by atoms with E-state index in [1.54, 1.807) is 30.0 Å². The Morgan fingerprint density at radius 2 is 1.83 bits per heavy atom. The molecule has 0 saturated heterocycles. The highest BCUT2D eigenvalue weighted by molar-refractivity contribution is 7.98. The number of hydrogen-bond acceptors (Lipinski definition) is 5. The van der Waals surface area contributed by atoms with Gasteiger partial charge in [-0.15, -0.1) is 10.2 Å². The van der Waals surface area contributed by atoms with E-state index in [-0.39, 0.29) is 0 Å². The summed E-state index contributed by atoms with van der Waals surface area (Å²) in [5, 5.41) is 9.67. The van der Waals surface area contributed by atoms with E-state index in [1.165, 1.54) is 24.0 Å².